The zero-order valence-electron chi connectivity index (χ0n) is 12.5. The average molecular weight is 278 g/mol. The van der Waals surface area contributed by atoms with Gasteiger partial charge in [0.15, 0.2) is 5.78 Å². The van der Waals surface area contributed by atoms with E-state index in [4.69, 9.17) is 14.2 Å². The van der Waals surface area contributed by atoms with E-state index in [9.17, 15) is 4.79 Å². The van der Waals surface area contributed by atoms with Gasteiger partial charge in [-0.15, -0.1) is 0 Å². The molecule has 4 nitrogen and oxygen atoms in total. The number of para-hydroxylation sites is 1. The van der Waals surface area contributed by atoms with Crippen molar-refractivity contribution >= 4 is 5.78 Å². The maximum atomic E-state index is 12.8. The summed E-state index contributed by atoms with van der Waals surface area (Å²) in [6.07, 6.45) is 0. The van der Waals surface area contributed by atoms with Crippen molar-refractivity contribution in [2.45, 2.75) is 19.4 Å². The van der Waals surface area contributed by atoms with E-state index in [2.05, 4.69) is 0 Å². The number of carbonyl (C=O) groups excluding carboxylic acids is 1. The third-order valence-corrected chi connectivity index (χ3v) is 4.21. The second kappa shape index (κ2) is 5.94. The maximum absolute atomic E-state index is 12.8. The van der Waals surface area contributed by atoms with Crippen LogP contribution in [-0.4, -0.2) is 38.8 Å². The molecule has 0 N–H and O–H groups in total. The molecular weight excluding hydrogens is 256 g/mol. The molecule has 0 unspecified atom stereocenters. The largest absolute Gasteiger partial charge is 0.496 e. The maximum Gasteiger partial charge on any atom is 0.172 e. The Morgan fingerprint density at radius 1 is 1.25 bits per heavy atom. The first kappa shape index (κ1) is 15.0. The zero-order chi connectivity index (χ0) is 14.8. The molecule has 0 saturated carbocycles. The Kier molecular flexibility index (Phi) is 4.45. The summed E-state index contributed by atoms with van der Waals surface area (Å²) in [5, 5.41) is 0. The van der Waals surface area contributed by atoms with Crippen LogP contribution in [0.1, 0.15) is 24.2 Å². The molecule has 1 fully saturated rings. The monoisotopic (exact) mass is 278 g/mol. The second-order valence-corrected chi connectivity index (χ2v) is 5.62. The van der Waals surface area contributed by atoms with E-state index in [1.165, 1.54) is 0 Å². The standard InChI is InChI=1S/C16H22O4/c1-16(2,19-4)13-10-20-9-12(13)15(17)11-7-5-6-8-14(11)18-3/h5-8,12-13H,9-10H2,1-4H3/t12-,13-/m1/s1. The molecule has 2 rings (SSSR count). The third-order valence-electron chi connectivity index (χ3n) is 4.21. The number of ketones is 1. The van der Waals surface area contributed by atoms with Gasteiger partial charge in [-0.25, -0.2) is 0 Å². The van der Waals surface area contributed by atoms with Gasteiger partial charge in [0.2, 0.25) is 0 Å². The molecule has 2 atom stereocenters. The first-order valence-electron chi connectivity index (χ1n) is 6.81. The molecule has 1 aromatic rings. The molecule has 1 aliphatic rings. The fourth-order valence-corrected chi connectivity index (χ4v) is 2.70. The van der Waals surface area contributed by atoms with Gasteiger partial charge in [0.1, 0.15) is 5.75 Å². The molecule has 110 valence electrons. The van der Waals surface area contributed by atoms with Crippen molar-refractivity contribution < 1.29 is 19.0 Å². The summed E-state index contributed by atoms with van der Waals surface area (Å²) >= 11 is 0. The van der Waals surface area contributed by atoms with Crippen molar-refractivity contribution in [2.75, 3.05) is 27.4 Å². The minimum absolute atomic E-state index is 0.0462. The summed E-state index contributed by atoms with van der Waals surface area (Å²) in [7, 11) is 3.25. The summed E-state index contributed by atoms with van der Waals surface area (Å²) in [6.45, 7) is 4.98. The first-order valence-corrected chi connectivity index (χ1v) is 6.81. The van der Waals surface area contributed by atoms with Crippen molar-refractivity contribution in [3.8, 4) is 5.75 Å². The van der Waals surface area contributed by atoms with Crippen molar-refractivity contribution in [3.05, 3.63) is 29.8 Å². The molecule has 0 radical (unpaired) electrons. The van der Waals surface area contributed by atoms with E-state index < -0.39 is 5.60 Å². The van der Waals surface area contributed by atoms with Gasteiger partial charge >= 0.3 is 0 Å². The molecule has 0 bridgehead atoms. The fourth-order valence-electron chi connectivity index (χ4n) is 2.70. The lowest BCUT2D eigenvalue weighted by atomic mass is 9.78. The molecular formula is C16H22O4. The SMILES string of the molecule is COc1ccccc1C(=O)[C@@H]1COC[C@H]1C(C)(C)OC. The van der Waals surface area contributed by atoms with E-state index in [1.807, 2.05) is 26.0 Å². The van der Waals surface area contributed by atoms with E-state index >= 15 is 0 Å². The lowest BCUT2D eigenvalue weighted by Crippen LogP contribution is -2.40. The number of methoxy groups -OCH3 is 2. The van der Waals surface area contributed by atoms with Gasteiger partial charge in [0.05, 0.1) is 37.4 Å². The second-order valence-electron chi connectivity index (χ2n) is 5.62. The highest BCUT2D eigenvalue weighted by Gasteiger charge is 2.44. The Morgan fingerprint density at radius 2 is 1.95 bits per heavy atom. The van der Waals surface area contributed by atoms with Gasteiger partial charge in [0.25, 0.3) is 0 Å². The Labute approximate surface area is 120 Å². The summed E-state index contributed by atoms with van der Waals surface area (Å²) in [4.78, 5) is 12.8. The van der Waals surface area contributed by atoms with Gasteiger partial charge in [-0.2, -0.15) is 0 Å². The summed E-state index contributed by atoms with van der Waals surface area (Å²) in [5.74, 6) is 0.527. The number of hydrogen-bond acceptors (Lipinski definition) is 4. The van der Waals surface area contributed by atoms with E-state index in [1.54, 1.807) is 26.4 Å². The van der Waals surface area contributed by atoms with Crippen LogP contribution in [0.25, 0.3) is 0 Å². The number of benzene rings is 1. The predicted molar refractivity (Wildman–Crippen MR) is 76.2 cm³/mol. The van der Waals surface area contributed by atoms with Crippen LogP contribution in [0.4, 0.5) is 0 Å². The third kappa shape index (κ3) is 2.72. The van der Waals surface area contributed by atoms with Crippen LogP contribution >= 0.6 is 0 Å². The van der Waals surface area contributed by atoms with Gasteiger partial charge in [-0.1, -0.05) is 12.1 Å². The van der Waals surface area contributed by atoms with Crippen molar-refractivity contribution in [1.82, 2.24) is 0 Å². The zero-order valence-corrected chi connectivity index (χ0v) is 12.5. The molecule has 1 aromatic carbocycles. The van der Waals surface area contributed by atoms with E-state index in [-0.39, 0.29) is 17.6 Å². The molecule has 4 heteroatoms. The molecule has 1 saturated heterocycles. The molecule has 0 spiro atoms. The van der Waals surface area contributed by atoms with Gasteiger partial charge in [-0.3, -0.25) is 4.79 Å². The van der Waals surface area contributed by atoms with Crippen LogP contribution in [-0.2, 0) is 9.47 Å². The van der Waals surface area contributed by atoms with Crippen LogP contribution in [0, 0.1) is 11.8 Å². The Morgan fingerprint density at radius 3 is 2.60 bits per heavy atom. The van der Waals surface area contributed by atoms with Crippen LogP contribution in [0.3, 0.4) is 0 Å². The number of rotatable bonds is 5. The predicted octanol–water partition coefficient (Wildman–Crippen LogP) is 2.57. The summed E-state index contributed by atoms with van der Waals surface area (Å²) in [5.41, 5.74) is 0.223. The highest BCUT2D eigenvalue weighted by atomic mass is 16.5. The number of Topliss-reactive ketones (excluding diaryl/α,β-unsaturated/α-hetero) is 1. The van der Waals surface area contributed by atoms with Crippen LogP contribution in [0.2, 0.25) is 0 Å². The highest BCUT2D eigenvalue weighted by molar-refractivity contribution is 6.00. The molecule has 0 aromatic heterocycles. The quantitative estimate of drug-likeness (QED) is 0.777. The topological polar surface area (TPSA) is 44.8 Å². The van der Waals surface area contributed by atoms with E-state index in [0.717, 1.165) is 0 Å². The molecule has 0 aliphatic carbocycles. The molecule has 20 heavy (non-hydrogen) atoms. The van der Waals surface area contributed by atoms with Gasteiger partial charge in [0, 0.05) is 13.0 Å². The van der Waals surface area contributed by atoms with Crippen molar-refractivity contribution in [1.29, 1.82) is 0 Å². The molecule has 1 aliphatic heterocycles. The van der Waals surface area contributed by atoms with Gasteiger partial charge in [-0.05, 0) is 26.0 Å². The minimum Gasteiger partial charge on any atom is -0.496 e. The van der Waals surface area contributed by atoms with Crippen molar-refractivity contribution in [2.24, 2.45) is 11.8 Å². The Balaban J connectivity index is 2.28. The van der Waals surface area contributed by atoms with E-state index in [0.29, 0.717) is 24.5 Å². The number of hydrogen-bond donors (Lipinski definition) is 0. The Hall–Kier alpha value is -1.39. The fraction of sp³-hybridized carbons (Fsp3) is 0.562. The van der Waals surface area contributed by atoms with Crippen LogP contribution in [0.5, 0.6) is 5.75 Å². The van der Waals surface area contributed by atoms with Crippen LogP contribution < -0.4 is 4.74 Å². The number of ether oxygens (including phenoxy) is 3. The average Bonchev–Trinajstić information content (AvgIpc) is 2.96. The van der Waals surface area contributed by atoms with Crippen LogP contribution in [0.15, 0.2) is 24.3 Å². The lowest BCUT2D eigenvalue weighted by molar-refractivity contribution is -0.0382. The highest BCUT2D eigenvalue weighted by Crippen LogP contribution is 2.36. The smallest absolute Gasteiger partial charge is 0.172 e. The molecule has 0 amide bonds. The van der Waals surface area contributed by atoms with Crippen molar-refractivity contribution in [3.63, 3.8) is 0 Å². The normalized spacial score (nSPS) is 22.8. The first-order chi connectivity index (χ1) is 9.51. The minimum atomic E-state index is -0.390. The Bertz CT molecular complexity index is 481. The lowest BCUT2D eigenvalue weighted by Gasteiger charge is -2.32. The van der Waals surface area contributed by atoms with Gasteiger partial charge < -0.3 is 14.2 Å². The summed E-state index contributed by atoms with van der Waals surface area (Å²) < 4.78 is 16.3. The molecule has 1 heterocycles. The number of carbonyl (C=O) groups is 1. The summed E-state index contributed by atoms with van der Waals surface area (Å²) in [6, 6.07) is 7.31.